The average molecular weight is 249 g/mol. The number of aldehydes is 1. The van der Waals surface area contributed by atoms with Crippen LogP contribution in [-0.2, 0) is 7.05 Å². The SMILES string of the molecule is Cc1nn(C)c(C)c1-c1ccc(Cl)c(C=O)c1. The molecule has 0 aliphatic carbocycles. The summed E-state index contributed by atoms with van der Waals surface area (Å²) < 4.78 is 1.83. The molecule has 0 radical (unpaired) electrons. The highest BCUT2D eigenvalue weighted by molar-refractivity contribution is 6.33. The lowest BCUT2D eigenvalue weighted by atomic mass is 10.0. The molecule has 0 atom stereocenters. The zero-order valence-electron chi connectivity index (χ0n) is 9.99. The van der Waals surface area contributed by atoms with E-state index in [2.05, 4.69) is 5.10 Å². The van der Waals surface area contributed by atoms with Crippen molar-refractivity contribution in [3.8, 4) is 11.1 Å². The maximum atomic E-state index is 10.9. The van der Waals surface area contributed by atoms with Crippen molar-refractivity contribution in [2.75, 3.05) is 0 Å². The van der Waals surface area contributed by atoms with Crippen molar-refractivity contribution in [2.45, 2.75) is 13.8 Å². The minimum atomic E-state index is 0.475. The number of hydrogen-bond donors (Lipinski definition) is 0. The van der Waals surface area contributed by atoms with Gasteiger partial charge in [0.25, 0.3) is 0 Å². The lowest BCUT2D eigenvalue weighted by Gasteiger charge is -2.04. The first kappa shape index (κ1) is 11.9. The molecule has 0 amide bonds. The van der Waals surface area contributed by atoms with E-state index in [1.54, 1.807) is 12.1 Å². The largest absolute Gasteiger partial charge is 0.298 e. The summed E-state index contributed by atoms with van der Waals surface area (Å²) in [5.41, 5.74) is 4.56. The summed E-state index contributed by atoms with van der Waals surface area (Å²) in [4.78, 5) is 10.9. The van der Waals surface area contributed by atoms with E-state index in [1.165, 1.54) is 0 Å². The van der Waals surface area contributed by atoms with Gasteiger partial charge >= 0.3 is 0 Å². The fourth-order valence-electron chi connectivity index (χ4n) is 1.98. The molecule has 0 aliphatic rings. The molecule has 1 aromatic carbocycles. The molecule has 0 fully saturated rings. The van der Waals surface area contributed by atoms with Gasteiger partial charge in [-0.1, -0.05) is 17.7 Å². The Balaban J connectivity index is 2.64. The molecule has 88 valence electrons. The Hall–Kier alpha value is -1.61. The van der Waals surface area contributed by atoms with E-state index >= 15 is 0 Å². The third-order valence-electron chi connectivity index (χ3n) is 2.92. The Morgan fingerprint density at radius 2 is 2.06 bits per heavy atom. The van der Waals surface area contributed by atoms with E-state index in [4.69, 9.17) is 11.6 Å². The van der Waals surface area contributed by atoms with E-state index in [-0.39, 0.29) is 0 Å². The van der Waals surface area contributed by atoms with Gasteiger partial charge in [-0.15, -0.1) is 0 Å². The molecular formula is C13H13ClN2O. The van der Waals surface area contributed by atoms with Crippen molar-refractivity contribution in [3.63, 3.8) is 0 Å². The third-order valence-corrected chi connectivity index (χ3v) is 3.26. The fraction of sp³-hybridized carbons (Fsp3) is 0.231. The second-order valence-corrected chi connectivity index (χ2v) is 4.43. The summed E-state index contributed by atoms with van der Waals surface area (Å²) in [5.74, 6) is 0. The average Bonchev–Trinajstić information content (AvgIpc) is 2.55. The van der Waals surface area contributed by atoms with Crippen molar-refractivity contribution in [2.24, 2.45) is 7.05 Å². The van der Waals surface area contributed by atoms with Crippen molar-refractivity contribution in [1.82, 2.24) is 9.78 Å². The maximum Gasteiger partial charge on any atom is 0.151 e. The van der Waals surface area contributed by atoms with Gasteiger partial charge in [0, 0.05) is 23.9 Å². The van der Waals surface area contributed by atoms with Crippen molar-refractivity contribution in [1.29, 1.82) is 0 Å². The molecule has 17 heavy (non-hydrogen) atoms. The first-order valence-electron chi connectivity index (χ1n) is 5.30. The van der Waals surface area contributed by atoms with Crippen molar-refractivity contribution >= 4 is 17.9 Å². The topological polar surface area (TPSA) is 34.9 Å². The summed E-state index contributed by atoms with van der Waals surface area (Å²) in [7, 11) is 1.91. The van der Waals surface area contributed by atoms with Crippen LogP contribution in [-0.4, -0.2) is 16.1 Å². The molecule has 0 saturated heterocycles. The third kappa shape index (κ3) is 1.98. The number of rotatable bonds is 2. The minimum absolute atomic E-state index is 0.475. The first-order valence-corrected chi connectivity index (χ1v) is 5.67. The lowest BCUT2D eigenvalue weighted by molar-refractivity contribution is 0.112. The van der Waals surface area contributed by atoms with E-state index in [9.17, 15) is 4.79 Å². The van der Waals surface area contributed by atoms with Crippen LogP contribution in [0.5, 0.6) is 0 Å². The van der Waals surface area contributed by atoms with Crippen LogP contribution in [0.15, 0.2) is 18.2 Å². The molecular weight excluding hydrogens is 236 g/mol. The molecule has 0 saturated carbocycles. The molecule has 4 heteroatoms. The molecule has 0 unspecified atom stereocenters. The Kier molecular flexibility index (Phi) is 3.03. The van der Waals surface area contributed by atoms with E-state index < -0.39 is 0 Å². The zero-order valence-corrected chi connectivity index (χ0v) is 10.7. The molecule has 1 heterocycles. The van der Waals surface area contributed by atoms with Crippen LogP contribution < -0.4 is 0 Å². The van der Waals surface area contributed by atoms with Crippen LogP contribution in [0.25, 0.3) is 11.1 Å². The minimum Gasteiger partial charge on any atom is -0.298 e. The Morgan fingerprint density at radius 3 is 2.59 bits per heavy atom. The summed E-state index contributed by atoms with van der Waals surface area (Å²) in [6.45, 7) is 3.96. The van der Waals surface area contributed by atoms with E-state index in [0.29, 0.717) is 10.6 Å². The number of carbonyl (C=O) groups is 1. The Labute approximate surface area is 105 Å². The fourth-order valence-corrected chi connectivity index (χ4v) is 2.14. The van der Waals surface area contributed by atoms with Gasteiger partial charge in [-0.2, -0.15) is 5.10 Å². The number of hydrogen-bond acceptors (Lipinski definition) is 2. The zero-order chi connectivity index (χ0) is 12.6. The molecule has 0 N–H and O–H groups in total. The molecule has 0 spiro atoms. The normalized spacial score (nSPS) is 10.6. The quantitative estimate of drug-likeness (QED) is 0.765. The van der Waals surface area contributed by atoms with E-state index in [1.807, 2.05) is 31.6 Å². The predicted octanol–water partition coefficient (Wildman–Crippen LogP) is 3.17. The number of aryl methyl sites for hydroxylation is 2. The summed E-state index contributed by atoms with van der Waals surface area (Å²) >= 11 is 5.92. The molecule has 1 aromatic heterocycles. The second-order valence-electron chi connectivity index (χ2n) is 4.02. The summed E-state index contributed by atoms with van der Waals surface area (Å²) in [6.07, 6.45) is 0.771. The monoisotopic (exact) mass is 248 g/mol. The molecule has 0 bridgehead atoms. The highest BCUT2D eigenvalue weighted by Gasteiger charge is 2.12. The van der Waals surface area contributed by atoms with Gasteiger partial charge in [0.15, 0.2) is 6.29 Å². The molecule has 2 aromatic rings. The highest BCUT2D eigenvalue weighted by atomic mass is 35.5. The van der Waals surface area contributed by atoms with E-state index in [0.717, 1.165) is 28.8 Å². The van der Waals surface area contributed by atoms with Gasteiger partial charge in [-0.3, -0.25) is 9.48 Å². The van der Waals surface area contributed by atoms with Crippen molar-refractivity contribution < 1.29 is 4.79 Å². The maximum absolute atomic E-state index is 10.9. The number of aromatic nitrogens is 2. The first-order chi connectivity index (χ1) is 8.04. The van der Waals surface area contributed by atoms with Gasteiger partial charge in [-0.05, 0) is 31.5 Å². The van der Waals surface area contributed by atoms with Gasteiger partial charge in [0.2, 0.25) is 0 Å². The van der Waals surface area contributed by atoms with Crippen LogP contribution >= 0.6 is 11.6 Å². The Morgan fingerprint density at radius 1 is 1.35 bits per heavy atom. The predicted molar refractivity (Wildman–Crippen MR) is 68.5 cm³/mol. The standard InChI is InChI=1S/C13H13ClN2O/c1-8-13(9(2)16(3)15-8)10-4-5-12(14)11(6-10)7-17/h4-7H,1-3H3. The van der Waals surface area contributed by atoms with Crippen LogP contribution in [0.2, 0.25) is 5.02 Å². The highest BCUT2D eigenvalue weighted by Crippen LogP contribution is 2.29. The van der Waals surface area contributed by atoms with Gasteiger partial charge in [0.05, 0.1) is 10.7 Å². The number of nitrogens with zero attached hydrogens (tertiary/aromatic N) is 2. The Bertz CT molecular complexity index is 587. The van der Waals surface area contributed by atoms with Gasteiger partial charge in [0.1, 0.15) is 0 Å². The molecule has 2 rings (SSSR count). The van der Waals surface area contributed by atoms with Crippen molar-refractivity contribution in [3.05, 3.63) is 40.2 Å². The number of benzene rings is 1. The second kappa shape index (κ2) is 4.34. The smallest absolute Gasteiger partial charge is 0.151 e. The number of carbonyl (C=O) groups excluding carboxylic acids is 1. The summed E-state index contributed by atoms with van der Waals surface area (Å²) in [6, 6.07) is 5.45. The molecule has 0 aliphatic heterocycles. The number of halogens is 1. The molecule has 3 nitrogen and oxygen atoms in total. The van der Waals surface area contributed by atoms with Crippen LogP contribution in [0, 0.1) is 13.8 Å². The van der Waals surface area contributed by atoms with Crippen LogP contribution in [0.3, 0.4) is 0 Å². The van der Waals surface area contributed by atoms with Crippen LogP contribution in [0.4, 0.5) is 0 Å². The van der Waals surface area contributed by atoms with Gasteiger partial charge in [-0.25, -0.2) is 0 Å². The lowest BCUT2D eigenvalue weighted by Crippen LogP contribution is -1.93. The summed E-state index contributed by atoms with van der Waals surface area (Å²) in [5, 5.41) is 4.84. The van der Waals surface area contributed by atoms with Crippen LogP contribution in [0.1, 0.15) is 21.7 Å². The van der Waals surface area contributed by atoms with Gasteiger partial charge < -0.3 is 0 Å².